The van der Waals surface area contributed by atoms with Crippen LogP contribution in [0.15, 0.2) is 0 Å². The summed E-state index contributed by atoms with van der Waals surface area (Å²) in [5.74, 6) is 1.51. The third kappa shape index (κ3) is 2.18. The normalized spacial score (nSPS) is 25.6. The van der Waals surface area contributed by atoms with Crippen LogP contribution in [-0.2, 0) is 4.74 Å². The Labute approximate surface area is 116 Å². The van der Waals surface area contributed by atoms with Crippen molar-refractivity contribution < 1.29 is 9.53 Å². The number of rotatable bonds is 3. The first kappa shape index (κ1) is 12.7. The Morgan fingerprint density at radius 3 is 2.79 bits per heavy atom. The third-order valence-electron chi connectivity index (χ3n) is 4.19. The molecule has 0 spiro atoms. The molecule has 2 N–H and O–H groups in total. The molecule has 19 heavy (non-hydrogen) atoms. The summed E-state index contributed by atoms with van der Waals surface area (Å²) in [6, 6.07) is 0. The second kappa shape index (κ2) is 5.00. The minimum atomic E-state index is -0.346. The quantitative estimate of drug-likeness (QED) is 0.860. The Morgan fingerprint density at radius 2 is 2.16 bits per heavy atom. The number of nitrogens with zero attached hydrogens (tertiary/aromatic N) is 2. The third-order valence-corrected chi connectivity index (χ3v) is 5.12. The van der Waals surface area contributed by atoms with Crippen LogP contribution in [0.3, 0.4) is 0 Å². The minimum absolute atomic E-state index is 0.301. The van der Waals surface area contributed by atoms with E-state index >= 15 is 0 Å². The van der Waals surface area contributed by atoms with Gasteiger partial charge in [-0.1, -0.05) is 6.42 Å². The summed E-state index contributed by atoms with van der Waals surface area (Å²) in [4.78, 5) is 14.3. The van der Waals surface area contributed by atoms with E-state index in [9.17, 15) is 4.79 Å². The summed E-state index contributed by atoms with van der Waals surface area (Å²) in [6.07, 6.45) is 3.97. The molecule has 1 aromatic heterocycles. The van der Waals surface area contributed by atoms with E-state index in [1.165, 1.54) is 30.8 Å². The van der Waals surface area contributed by atoms with Gasteiger partial charge in [0, 0.05) is 13.1 Å². The van der Waals surface area contributed by atoms with Gasteiger partial charge in [-0.15, -0.1) is 0 Å². The van der Waals surface area contributed by atoms with Crippen molar-refractivity contribution in [3.63, 3.8) is 0 Å². The Hall–Kier alpha value is -1.30. The lowest BCUT2D eigenvalue weighted by Crippen LogP contribution is -2.22. The van der Waals surface area contributed by atoms with Gasteiger partial charge in [-0.2, -0.15) is 4.37 Å². The fraction of sp³-hybridized carbons (Fsp3) is 0.692. The molecule has 1 aliphatic heterocycles. The molecule has 104 valence electrons. The number of hydrogen-bond acceptors (Lipinski definition) is 6. The first-order valence-corrected chi connectivity index (χ1v) is 7.65. The van der Waals surface area contributed by atoms with Crippen LogP contribution < -0.4 is 10.6 Å². The summed E-state index contributed by atoms with van der Waals surface area (Å²) in [6.45, 7) is 4.21. The van der Waals surface area contributed by atoms with Crippen LogP contribution in [0.5, 0.6) is 0 Å². The number of ether oxygens (including phenoxy) is 1. The lowest BCUT2D eigenvalue weighted by Gasteiger charge is -2.18. The van der Waals surface area contributed by atoms with E-state index in [1.807, 2.05) is 0 Å². The van der Waals surface area contributed by atoms with E-state index in [4.69, 9.17) is 10.5 Å². The number of nitrogens with two attached hydrogens (primary N) is 1. The number of aromatic nitrogens is 1. The topological polar surface area (TPSA) is 68.5 Å². The SMILES string of the molecule is CCOC(=O)c1c(N)nsc1N1CC2CCCC2C1. The molecule has 1 aromatic rings. The second-order valence-corrected chi connectivity index (χ2v) is 6.08. The average Bonchev–Trinajstić information content (AvgIpc) is 3.01. The van der Waals surface area contributed by atoms with Crippen LogP contribution in [-0.4, -0.2) is 30.0 Å². The molecule has 1 saturated carbocycles. The van der Waals surface area contributed by atoms with E-state index < -0.39 is 0 Å². The number of nitrogen functional groups attached to an aromatic ring is 1. The van der Waals surface area contributed by atoms with Crippen molar-refractivity contribution in [3.05, 3.63) is 5.56 Å². The van der Waals surface area contributed by atoms with Crippen LogP contribution in [0, 0.1) is 11.8 Å². The van der Waals surface area contributed by atoms with Crippen molar-refractivity contribution in [1.29, 1.82) is 0 Å². The highest BCUT2D eigenvalue weighted by Gasteiger charge is 2.38. The number of carbonyl (C=O) groups is 1. The number of esters is 1. The van der Waals surface area contributed by atoms with E-state index in [1.54, 1.807) is 6.92 Å². The Morgan fingerprint density at radius 1 is 1.47 bits per heavy atom. The van der Waals surface area contributed by atoms with Crippen molar-refractivity contribution in [1.82, 2.24) is 4.37 Å². The van der Waals surface area contributed by atoms with Gasteiger partial charge in [-0.05, 0) is 43.1 Å². The summed E-state index contributed by atoms with van der Waals surface area (Å²) < 4.78 is 9.22. The highest BCUT2D eigenvalue weighted by Crippen LogP contribution is 2.42. The van der Waals surface area contributed by atoms with Gasteiger partial charge in [0.05, 0.1) is 6.61 Å². The molecular formula is C13H19N3O2S. The van der Waals surface area contributed by atoms with Crippen LogP contribution in [0.2, 0.25) is 0 Å². The number of fused-ring (bicyclic) bond motifs is 1. The van der Waals surface area contributed by atoms with Gasteiger partial charge in [0.2, 0.25) is 0 Å². The summed E-state index contributed by atoms with van der Waals surface area (Å²) >= 11 is 1.32. The molecule has 2 heterocycles. The number of anilines is 2. The van der Waals surface area contributed by atoms with Crippen LogP contribution in [0.1, 0.15) is 36.5 Å². The molecule has 2 fully saturated rings. The average molecular weight is 281 g/mol. The zero-order valence-corrected chi connectivity index (χ0v) is 11.9. The van der Waals surface area contributed by atoms with Crippen molar-refractivity contribution in [2.75, 3.05) is 30.3 Å². The van der Waals surface area contributed by atoms with Crippen LogP contribution >= 0.6 is 11.5 Å². The molecule has 5 nitrogen and oxygen atoms in total. The van der Waals surface area contributed by atoms with E-state index in [0.717, 1.165) is 29.9 Å². The zero-order valence-electron chi connectivity index (χ0n) is 11.1. The van der Waals surface area contributed by atoms with Gasteiger partial charge in [-0.3, -0.25) is 0 Å². The first-order valence-electron chi connectivity index (χ1n) is 6.88. The van der Waals surface area contributed by atoms with E-state index in [0.29, 0.717) is 18.0 Å². The maximum absolute atomic E-state index is 12.0. The smallest absolute Gasteiger partial charge is 0.345 e. The predicted octanol–water partition coefficient (Wildman–Crippen LogP) is 2.14. The lowest BCUT2D eigenvalue weighted by molar-refractivity contribution is 0.0528. The highest BCUT2D eigenvalue weighted by molar-refractivity contribution is 7.11. The predicted molar refractivity (Wildman–Crippen MR) is 75.5 cm³/mol. The molecule has 6 heteroatoms. The first-order chi connectivity index (χ1) is 9.20. The molecule has 0 bridgehead atoms. The fourth-order valence-corrected chi connectivity index (χ4v) is 4.12. The largest absolute Gasteiger partial charge is 0.462 e. The number of hydrogen-bond donors (Lipinski definition) is 1. The molecule has 1 aliphatic carbocycles. The fourth-order valence-electron chi connectivity index (χ4n) is 3.31. The van der Waals surface area contributed by atoms with Crippen molar-refractivity contribution in [2.24, 2.45) is 11.8 Å². The maximum atomic E-state index is 12.0. The van der Waals surface area contributed by atoms with Crippen molar-refractivity contribution in [3.8, 4) is 0 Å². The molecule has 1 saturated heterocycles. The van der Waals surface area contributed by atoms with Gasteiger partial charge < -0.3 is 15.4 Å². The van der Waals surface area contributed by atoms with Gasteiger partial charge in [0.1, 0.15) is 10.6 Å². The summed E-state index contributed by atoms with van der Waals surface area (Å²) in [5, 5.41) is 0.894. The van der Waals surface area contributed by atoms with Gasteiger partial charge in [0.25, 0.3) is 0 Å². The molecule has 0 aromatic carbocycles. The summed E-state index contributed by atoms with van der Waals surface area (Å²) in [5.41, 5.74) is 6.29. The Kier molecular flexibility index (Phi) is 3.35. The number of carbonyl (C=O) groups excluding carboxylic acids is 1. The molecular weight excluding hydrogens is 262 g/mol. The van der Waals surface area contributed by atoms with Gasteiger partial charge >= 0.3 is 5.97 Å². The Bertz CT molecular complexity index is 476. The van der Waals surface area contributed by atoms with Crippen molar-refractivity contribution in [2.45, 2.75) is 26.2 Å². The Balaban J connectivity index is 1.83. The molecule has 2 atom stereocenters. The second-order valence-electron chi connectivity index (χ2n) is 5.32. The molecule has 2 unspecified atom stereocenters. The van der Waals surface area contributed by atoms with Crippen LogP contribution in [0.4, 0.5) is 10.8 Å². The molecule has 0 amide bonds. The van der Waals surface area contributed by atoms with Gasteiger partial charge in [0.15, 0.2) is 5.82 Å². The van der Waals surface area contributed by atoms with E-state index in [-0.39, 0.29) is 5.97 Å². The standard InChI is InChI=1S/C13H19N3O2S/c1-2-18-13(17)10-11(14)15-19-12(10)16-6-8-4-3-5-9(8)7-16/h8-9H,2-7H2,1H3,(H2,14,15). The van der Waals surface area contributed by atoms with Crippen LogP contribution in [0.25, 0.3) is 0 Å². The van der Waals surface area contributed by atoms with Gasteiger partial charge in [-0.25, -0.2) is 4.79 Å². The van der Waals surface area contributed by atoms with E-state index in [2.05, 4.69) is 9.27 Å². The highest BCUT2D eigenvalue weighted by atomic mass is 32.1. The monoisotopic (exact) mass is 281 g/mol. The molecule has 2 aliphatic rings. The maximum Gasteiger partial charge on any atom is 0.345 e. The molecule has 0 radical (unpaired) electrons. The zero-order chi connectivity index (χ0) is 13.4. The summed E-state index contributed by atoms with van der Waals surface area (Å²) in [7, 11) is 0. The minimum Gasteiger partial charge on any atom is -0.462 e. The lowest BCUT2D eigenvalue weighted by atomic mass is 10.0. The van der Waals surface area contributed by atoms with Crippen molar-refractivity contribution >= 4 is 28.3 Å². The molecule has 3 rings (SSSR count).